The minimum Gasteiger partial charge on any atom is -0.314 e. The molecule has 0 bridgehead atoms. The van der Waals surface area contributed by atoms with Gasteiger partial charge in [0, 0.05) is 6.04 Å². The predicted molar refractivity (Wildman–Crippen MR) is 79.3 cm³/mol. The molecule has 1 aromatic rings. The smallest absolute Gasteiger partial charge is 0.314 e. The van der Waals surface area contributed by atoms with Gasteiger partial charge in [0.2, 0.25) is 0 Å². The first-order valence-electron chi connectivity index (χ1n) is 7.80. The van der Waals surface area contributed by atoms with Crippen LogP contribution < -0.4 is 5.32 Å². The summed E-state index contributed by atoms with van der Waals surface area (Å²) < 4.78 is 39.8. The molecule has 2 atom stereocenters. The van der Waals surface area contributed by atoms with E-state index in [9.17, 15) is 13.2 Å². The van der Waals surface area contributed by atoms with Gasteiger partial charge in [0.1, 0.15) is 0 Å². The Morgan fingerprint density at radius 1 is 1.14 bits per heavy atom. The van der Waals surface area contributed by atoms with Crippen LogP contribution in [0.1, 0.15) is 57.1 Å². The topological polar surface area (TPSA) is 12.0 Å². The van der Waals surface area contributed by atoms with Gasteiger partial charge in [0.15, 0.2) is 0 Å². The maximum absolute atomic E-state index is 13.3. The normalized spacial score (nSPS) is 24.7. The van der Waals surface area contributed by atoms with Crippen molar-refractivity contribution in [3.8, 4) is 0 Å². The standard InChI is InChI=1S/C17H24F3N/c1-4-16(5-2)14(11-15(16)21-6-3)12-9-7-8-10-13(12)17(18,19)20/h7-10,14-15,21H,4-6,11H2,1-3H3. The van der Waals surface area contributed by atoms with Crippen molar-refractivity contribution in [3.63, 3.8) is 0 Å². The summed E-state index contributed by atoms with van der Waals surface area (Å²) in [6.07, 6.45) is -1.67. The molecule has 1 N–H and O–H groups in total. The van der Waals surface area contributed by atoms with E-state index in [1.165, 1.54) is 12.1 Å². The third-order valence-corrected chi connectivity index (χ3v) is 5.27. The number of hydrogen-bond donors (Lipinski definition) is 1. The Kier molecular flexibility index (Phi) is 4.66. The van der Waals surface area contributed by atoms with Crippen LogP contribution in [0.4, 0.5) is 13.2 Å². The van der Waals surface area contributed by atoms with Gasteiger partial charge in [-0.25, -0.2) is 0 Å². The van der Waals surface area contributed by atoms with Crippen LogP contribution in [0.2, 0.25) is 0 Å². The fourth-order valence-electron chi connectivity index (χ4n) is 4.05. The van der Waals surface area contributed by atoms with Gasteiger partial charge in [0.25, 0.3) is 0 Å². The van der Waals surface area contributed by atoms with Crippen molar-refractivity contribution in [2.75, 3.05) is 6.54 Å². The summed E-state index contributed by atoms with van der Waals surface area (Å²) in [5, 5.41) is 3.45. The van der Waals surface area contributed by atoms with E-state index in [0.717, 1.165) is 25.8 Å². The molecule has 0 radical (unpaired) electrons. The molecule has 1 nitrogen and oxygen atoms in total. The van der Waals surface area contributed by atoms with Gasteiger partial charge in [-0.15, -0.1) is 0 Å². The number of alkyl halides is 3. The lowest BCUT2D eigenvalue weighted by molar-refractivity contribution is -0.139. The lowest BCUT2D eigenvalue weighted by Gasteiger charge is -2.57. The molecule has 118 valence electrons. The van der Waals surface area contributed by atoms with Crippen molar-refractivity contribution >= 4 is 0 Å². The summed E-state index contributed by atoms with van der Waals surface area (Å²) in [7, 11) is 0. The average Bonchev–Trinajstić information content (AvgIpc) is 2.44. The Labute approximate surface area is 124 Å². The van der Waals surface area contributed by atoms with Gasteiger partial charge in [0.05, 0.1) is 5.56 Å². The first kappa shape index (κ1) is 16.3. The fraction of sp³-hybridized carbons (Fsp3) is 0.647. The molecule has 0 saturated heterocycles. The van der Waals surface area contributed by atoms with Gasteiger partial charge in [-0.2, -0.15) is 13.2 Å². The Morgan fingerprint density at radius 3 is 2.29 bits per heavy atom. The van der Waals surface area contributed by atoms with E-state index in [2.05, 4.69) is 19.2 Å². The quantitative estimate of drug-likeness (QED) is 0.808. The van der Waals surface area contributed by atoms with E-state index >= 15 is 0 Å². The average molecular weight is 299 g/mol. The molecule has 1 aliphatic rings. The van der Waals surface area contributed by atoms with E-state index in [-0.39, 0.29) is 11.3 Å². The summed E-state index contributed by atoms with van der Waals surface area (Å²) in [4.78, 5) is 0. The molecule has 1 saturated carbocycles. The molecule has 1 fully saturated rings. The van der Waals surface area contributed by atoms with E-state index in [0.29, 0.717) is 11.6 Å². The SMILES string of the molecule is CCNC1CC(c2ccccc2C(F)(F)F)C1(CC)CC. The molecule has 0 aromatic heterocycles. The molecule has 0 heterocycles. The first-order valence-corrected chi connectivity index (χ1v) is 7.80. The highest BCUT2D eigenvalue weighted by Gasteiger charge is 2.54. The largest absolute Gasteiger partial charge is 0.416 e. The van der Waals surface area contributed by atoms with Crippen LogP contribution in [0, 0.1) is 5.41 Å². The Hall–Kier alpha value is -1.03. The maximum Gasteiger partial charge on any atom is 0.416 e. The van der Waals surface area contributed by atoms with Crippen molar-refractivity contribution in [2.45, 2.75) is 58.2 Å². The molecule has 2 rings (SSSR count). The first-order chi connectivity index (χ1) is 9.90. The van der Waals surface area contributed by atoms with E-state index in [1.807, 2.05) is 6.92 Å². The summed E-state index contributed by atoms with van der Waals surface area (Å²) in [5.41, 5.74) is -0.0451. The maximum atomic E-state index is 13.3. The van der Waals surface area contributed by atoms with Gasteiger partial charge in [-0.05, 0) is 48.8 Å². The third kappa shape index (κ3) is 2.70. The highest BCUT2D eigenvalue weighted by Crippen LogP contribution is 2.58. The molecule has 21 heavy (non-hydrogen) atoms. The number of hydrogen-bond acceptors (Lipinski definition) is 1. The second-order valence-electron chi connectivity index (χ2n) is 5.92. The van der Waals surface area contributed by atoms with Crippen LogP contribution in [-0.2, 0) is 6.18 Å². The molecule has 1 aromatic carbocycles. The van der Waals surface area contributed by atoms with E-state index in [4.69, 9.17) is 0 Å². The Morgan fingerprint density at radius 2 is 1.76 bits per heavy atom. The Balaban J connectivity index is 2.39. The predicted octanol–water partition coefficient (Wildman–Crippen LogP) is 4.98. The lowest BCUT2D eigenvalue weighted by atomic mass is 9.51. The summed E-state index contributed by atoms with van der Waals surface area (Å²) in [6.45, 7) is 7.10. The van der Waals surface area contributed by atoms with Crippen molar-refractivity contribution in [1.82, 2.24) is 5.32 Å². The lowest BCUT2D eigenvalue weighted by Crippen LogP contribution is -2.58. The van der Waals surface area contributed by atoms with Crippen LogP contribution >= 0.6 is 0 Å². The minimum atomic E-state index is -4.27. The number of benzene rings is 1. The zero-order chi connectivity index (χ0) is 15.7. The number of rotatable bonds is 5. The molecule has 1 aliphatic carbocycles. The summed E-state index contributed by atoms with van der Waals surface area (Å²) >= 11 is 0. The third-order valence-electron chi connectivity index (χ3n) is 5.27. The summed E-state index contributed by atoms with van der Waals surface area (Å²) in [5.74, 6) is -0.00521. The van der Waals surface area contributed by atoms with Gasteiger partial charge in [-0.3, -0.25) is 0 Å². The zero-order valence-electron chi connectivity index (χ0n) is 12.9. The van der Waals surface area contributed by atoms with Gasteiger partial charge >= 0.3 is 6.18 Å². The highest BCUT2D eigenvalue weighted by molar-refractivity contribution is 5.37. The van der Waals surface area contributed by atoms with Crippen molar-refractivity contribution in [2.24, 2.45) is 5.41 Å². The minimum absolute atomic E-state index is 0.00521. The van der Waals surface area contributed by atoms with Gasteiger partial charge < -0.3 is 5.32 Å². The molecule has 0 amide bonds. The van der Waals surface area contributed by atoms with Crippen LogP contribution in [0.15, 0.2) is 24.3 Å². The van der Waals surface area contributed by atoms with Crippen LogP contribution in [0.3, 0.4) is 0 Å². The van der Waals surface area contributed by atoms with E-state index in [1.54, 1.807) is 12.1 Å². The number of halogens is 3. The second-order valence-corrected chi connectivity index (χ2v) is 5.92. The van der Waals surface area contributed by atoms with Crippen LogP contribution in [-0.4, -0.2) is 12.6 Å². The molecule has 4 heteroatoms. The zero-order valence-corrected chi connectivity index (χ0v) is 12.9. The van der Waals surface area contributed by atoms with Crippen molar-refractivity contribution in [3.05, 3.63) is 35.4 Å². The Bertz CT molecular complexity index is 477. The van der Waals surface area contributed by atoms with Crippen molar-refractivity contribution in [1.29, 1.82) is 0 Å². The van der Waals surface area contributed by atoms with Gasteiger partial charge in [-0.1, -0.05) is 39.0 Å². The van der Waals surface area contributed by atoms with Crippen molar-refractivity contribution < 1.29 is 13.2 Å². The fourth-order valence-corrected chi connectivity index (χ4v) is 4.05. The van der Waals surface area contributed by atoms with E-state index < -0.39 is 11.7 Å². The molecular weight excluding hydrogens is 275 g/mol. The molecule has 0 spiro atoms. The second kappa shape index (κ2) is 5.99. The molecule has 0 aliphatic heterocycles. The number of nitrogens with one attached hydrogen (secondary N) is 1. The van der Waals surface area contributed by atoms with Crippen LogP contribution in [0.5, 0.6) is 0 Å². The molecule has 2 unspecified atom stereocenters. The monoisotopic (exact) mass is 299 g/mol. The van der Waals surface area contributed by atoms with Crippen LogP contribution in [0.25, 0.3) is 0 Å². The highest BCUT2D eigenvalue weighted by atomic mass is 19.4. The summed E-state index contributed by atoms with van der Waals surface area (Å²) in [6, 6.07) is 6.40. The molecular formula is C17H24F3N.